The van der Waals surface area contributed by atoms with Crippen LogP contribution in [-0.4, -0.2) is 51.1 Å². The van der Waals surface area contributed by atoms with Gasteiger partial charge in [-0.2, -0.15) is 0 Å². The highest BCUT2D eigenvalue weighted by molar-refractivity contribution is 4.75. The molecule has 1 unspecified atom stereocenters. The van der Waals surface area contributed by atoms with Crippen LogP contribution in [0.3, 0.4) is 0 Å². The van der Waals surface area contributed by atoms with Gasteiger partial charge in [0.1, 0.15) is 6.79 Å². The summed E-state index contributed by atoms with van der Waals surface area (Å²) in [6.45, 7) is 8.32. The molecule has 1 rings (SSSR count). The summed E-state index contributed by atoms with van der Waals surface area (Å²) < 4.78 is 10.6. The Labute approximate surface area is 92.7 Å². The Bertz CT molecular complexity index is 179. The van der Waals surface area contributed by atoms with Crippen molar-refractivity contribution in [1.82, 2.24) is 4.90 Å². The maximum Gasteiger partial charge on any atom is 0.147 e. The normalized spacial score (nSPS) is 23.4. The molecule has 15 heavy (non-hydrogen) atoms. The van der Waals surface area contributed by atoms with Crippen molar-refractivity contribution in [3.63, 3.8) is 0 Å². The number of likely N-dealkylation sites (N-methyl/N-ethyl adjacent to an activating group) is 1. The lowest BCUT2D eigenvalue weighted by atomic mass is 9.93. The first-order chi connectivity index (χ1) is 7.03. The highest BCUT2D eigenvalue weighted by atomic mass is 16.7. The van der Waals surface area contributed by atoms with E-state index in [-0.39, 0.29) is 5.41 Å². The van der Waals surface area contributed by atoms with Crippen LogP contribution in [-0.2, 0) is 9.47 Å². The smallest absolute Gasteiger partial charge is 0.147 e. The van der Waals surface area contributed by atoms with E-state index in [2.05, 4.69) is 25.8 Å². The van der Waals surface area contributed by atoms with E-state index in [1.165, 1.54) is 0 Å². The lowest BCUT2D eigenvalue weighted by Crippen LogP contribution is -2.41. The third kappa shape index (κ3) is 4.93. The first kappa shape index (κ1) is 12.9. The third-order valence-electron chi connectivity index (χ3n) is 2.74. The van der Waals surface area contributed by atoms with Gasteiger partial charge in [0, 0.05) is 13.1 Å². The summed E-state index contributed by atoms with van der Waals surface area (Å²) in [5, 5.41) is 0. The first-order valence-electron chi connectivity index (χ1n) is 5.61. The lowest BCUT2D eigenvalue weighted by molar-refractivity contribution is -0.144. The van der Waals surface area contributed by atoms with Gasteiger partial charge in [-0.25, -0.2) is 0 Å². The van der Waals surface area contributed by atoms with Crippen LogP contribution in [0.2, 0.25) is 0 Å². The van der Waals surface area contributed by atoms with Gasteiger partial charge in [-0.1, -0.05) is 13.8 Å². The van der Waals surface area contributed by atoms with Crippen LogP contribution in [0, 0.1) is 5.41 Å². The monoisotopic (exact) mass is 216 g/mol. The van der Waals surface area contributed by atoms with Crippen LogP contribution in [0.25, 0.3) is 0 Å². The topological polar surface area (TPSA) is 47.7 Å². The van der Waals surface area contributed by atoms with Crippen molar-refractivity contribution in [2.75, 3.05) is 40.1 Å². The Hall–Kier alpha value is -0.160. The van der Waals surface area contributed by atoms with Crippen molar-refractivity contribution >= 4 is 0 Å². The molecular formula is C11H24N2O2. The highest BCUT2D eigenvalue weighted by Gasteiger charge is 2.21. The number of nitrogens with zero attached hydrogens (tertiary/aromatic N) is 1. The molecule has 0 aromatic rings. The fraction of sp³-hybridized carbons (Fsp3) is 1.00. The van der Waals surface area contributed by atoms with E-state index in [0.29, 0.717) is 19.4 Å². The van der Waals surface area contributed by atoms with Crippen molar-refractivity contribution in [3.05, 3.63) is 0 Å². The lowest BCUT2D eigenvalue weighted by Gasteiger charge is -2.32. The molecule has 1 aliphatic heterocycles. The Morgan fingerprint density at radius 3 is 2.73 bits per heavy atom. The van der Waals surface area contributed by atoms with Crippen LogP contribution >= 0.6 is 0 Å². The van der Waals surface area contributed by atoms with Gasteiger partial charge in [-0.05, 0) is 25.4 Å². The third-order valence-corrected chi connectivity index (χ3v) is 2.74. The predicted molar refractivity (Wildman–Crippen MR) is 60.6 cm³/mol. The minimum absolute atomic E-state index is 0.180. The number of ether oxygens (including phenoxy) is 2. The van der Waals surface area contributed by atoms with E-state index in [1.54, 1.807) is 0 Å². The maximum absolute atomic E-state index is 5.71. The van der Waals surface area contributed by atoms with E-state index < -0.39 is 0 Å². The standard InChI is InChI=1S/C11H24N2O2/c1-11(2,7-12)8-13(3)6-10-4-5-14-9-15-10/h10H,4-9,12H2,1-3H3. The second kappa shape index (κ2) is 5.80. The van der Waals surface area contributed by atoms with Crippen molar-refractivity contribution in [2.24, 2.45) is 11.1 Å². The average molecular weight is 216 g/mol. The minimum Gasteiger partial charge on any atom is -0.355 e. The Morgan fingerprint density at radius 1 is 1.47 bits per heavy atom. The van der Waals surface area contributed by atoms with E-state index >= 15 is 0 Å². The molecule has 0 aromatic carbocycles. The zero-order valence-corrected chi connectivity index (χ0v) is 10.2. The van der Waals surface area contributed by atoms with Crippen LogP contribution in [0.15, 0.2) is 0 Å². The zero-order valence-electron chi connectivity index (χ0n) is 10.2. The van der Waals surface area contributed by atoms with E-state index in [4.69, 9.17) is 15.2 Å². The van der Waals surface area contributed by atoms with Crippen LogP contribution in [0.4, 0.5) is 0 Å². The molecule has 0 amide bonds. The summed E-state index contributed by atoms with van der Waals surface area (Å²) in [5.74, 6) is 0. The van der Waals surface area contributed by atoms with Crippen molar-refractivity contribution in [1.29, 1.82) is 0 Å². The summed E-state index contributed by atoms with van der Waals surface area (Å²) in [5.41, 5.74) is 5.89. The van der Waals surface area contributed by atoms with Crippen LogP contribution < -0.4 is 5.73 Å². The molecule has 4 nitrogen and oxygen atoms in total. The number of rotatable bonds is 5. The molecular weight excluding hydrogens is 192 g/mol. The Morgan fingerprint density at radius 2 is 2.20 bits per heavy atom. The van der Waals surface area contributed by atoms with Gasteiger partial charge in [0.2, 0.25) is 0 Å². The largest absolute Gasteiger partial charge is 0.355 e. The quantitative estimate of drug-likeness (QED) is 0.733. The Kier molecular flexibility index (Phi) is 4.99. The van der Waals surface area contributed by atoms with Gasteiger partial charge in [-0.15, -0.1) is 0 Å². The molecule has 0 aliphatic carbocycles. The number of nitrogens with two attached hydrogens (primary N) is 1. The van der Waals surface area contributed by atoms with E-state index in [9.17, 15) is 0 Å². The second-order valence-electron chi connectivity index (χ2n) is 5.17. The predicted octanol–water partition coefficient (Wildman–Crippen LogP) is 0.666. The van der Waals surface area contributed by atoms with E-state index in [1.807, 2.05) is 0 Å². The molecule has 0 aromatic heterocycles. The number of hydrogen-bond donors (Lipinski definition) is 1. The van der Waals surface area contributed by atoms with Crippen molar-refractivity contribution in [3.8, 4) is 0 Å². The number of hydrogen-bond acceptors (Lipinski definition) is 4. The van der Waals surface area contributed by atoms with Crippen LogP contribution in [0.1, 0.15) is 20.3 Å². The van der Waals surface area contributed by atoms with Crippen LogP contribution in [0.5, 0.6) is 0 Å². The molecule has 4 heteroatoms. The van der Waals surface area contributed by atoms with Gasteiger partial charge in [0.05, 0.1) is 12.7 Å². The fourth-order valence-electron chi connectivity index (χ4n) is 1.85. The molecule has 0 saturated carbocycles. The molecule has 2 N–H and O–H groups in total. The molecule has 90 valence electrons. The van der Waals surface area contributed by atoms with E-state index in [0.717, 1.165) is 26.1 Å². The van der Waals surface area contributed by atoms with Gasteiger partial charge >= 0.3 is 0 Å². The van der Waals surface area contributed by atoms with Crippen molar-refractivity contribution < 1.29 is 9.47 Å². The average Bonchev–Trinajstić information content (AvgIpc) is 2.18. The molecule has 0 radical (unpaired) electrons. The molecule has 1 fully saturated rings. The van der Waals surface area contributed by atoms with Gasteiger partial charge in [0.25, 0.3) is 0 Å². The van der Waals surface area contributed by atoms with Gasteiger partial charge in [0.15, 0.2) is 0 Å². The summed E-state index contributed by atoms with van der Waals surface area (Å²) >= 11 is 0. The summed E-state index contributed by atoms with van der Waals surface area (Å²) in [4.78, 5) is 2.29. The highest BCUT2D eigenvalue weighted by Crippen LogP contribution is 2.15. The molecule has 1 saturated heterocycles. The fourth-order valence-corrected chi connectivity index (χ4v) is 1.85. The maximum atomic E-state index is 5.71. The SMILES string of the molecule is CN(CC1CCOCO1)CC(C)(C)CN. The van der Waals surface area contributed by atoms with Gasteiger partial charge in [-0.3, -0.25) is 0 Å². The second-order valence-corrected chi connectivity index (χ2v) is 5.17. The summed E-state index contributed by atoms with van der Waals surface area (Å²) in [7, 11) is 2.12. The molecule has 1 heterocycles. The summed E-state index contributed by atoms with van der Waals surface area (Å²) in [6.07, 6.45) is 1.31. The molecule has 1 atom stereocenters. The minimum atomic E-state index is 0.180. The molecule has 0 spiro atoms. The first-order valence-corrected chi connectivity index (χ1v) is 5.61. The summed E-state index contributed by atoms with van der Waals surface area (Å²) in [6, 6.07) is 0. The zero-order chi connectivity index (χ0) is 11.3. The molecule has 0 bridgehead atoms. The molecule has 1 aliphatic rings. The Balaban J connectivity index is 2.25. The van der Waals surface area contributed by atoms with Gasteiger partial charge < -0.3 is 20.1 Å². The van der Waals surface area contributed by atoms with Crippen molar-refractivity contribution in [2.45, 2.75) is 26.4 Å².